The number of alkyl halides is 2. The fourth-order valence-corrected chi connectivity index (χ4v) is 9.12. The molecule has 248 valence electrons. The molecule has 0 saturated carbocycles. The van der Waals surface area contributed by atoms with E-state index in [1.54, 1.807) is 6.08 Å². The largest absolute Gasteiger partial charge is 0.350 e. The molecule has 6 aliphatic heterocycles. The number of piperidine rings is 4. The molecular formula is C32H54F2N8O2. The number of halogens is 2. The van der Waals surface area contributed by atoms with Gasteiger partial charge < -0.3 is 31.9 Å². The number of likely N-dealkylation sites (tertiary alicyclic amines) is 3. The van der Waals surface area contributed by atoms with Gasteiger partial charge in [-0.2, -0.15) is 0 Å². The number of rotatable bonds is 7. The van der Waals surface area contributed by atoms with E-state index < -0.39 is 36.5 Å². The summed E-state index contributed by atoms with van der Waals surface area (Å²) in [5.74, 6) is -0.786. The quantitative estimate of drug-likeness (QED) is 0.241. The summed E-state index contributed by atoms with van der Waals surface area (Å²) < 4.78 is 29.8. The lowest BCUT2D eigenvalue weighted by molar-refractivity contribution is -0.139. The topological polar surface area (TPSA) is 123 Å². The molecule has 7 unspecified atom stereocenters. The third-order valence-corrected chi connectivity index (χ3v) is 11.6. The van der Waals surface area contributed by atoms with Gasteiger partial charge in [0, 0.05) is 56.8 Å². The zero-order valence-electron chi connectivity index (χ0n) is 26.4. The van der Waals surface area contributed by atoms with Crippen LogP contribution in [0.4, 0.5) is 8.78 Å². The third-order valence-electron chi connectivity index (χ3n) is 11.6. The van der Waals surface area contributed by atoms with E-state index in [0.29, 0.717) is 44.9 Å². The number of carbonyl (C=O) groups is 2. The van der Waals surface area contributed by atoms with Crippen LogP contribution in [-0.4, -0.2) is 139 Å². The van der Waals surface area contributed by atoms with Crippen molar-refractivity contribution >= 4 is 11.8 Å². The molecule has 6 N–H and O–H groups in total. The van der Waals surface area contributed by atoms with Gasteiger partial charge in [0.05, 0.1) is 24.2 Å². The van der Waals surface area contributed by atoms with Crippen molar-refractivity contribution in [1.29, 1.82) is 0 Å². The molecule has 0 spiro atoms. The zero-order valence-corrected chi connectivity index (χ0v) is 26.4. The van der Waals surface area contributed by atoms with Gasteiger partial charge in [-0.05, 0) is 84.1 Å². The molecule has 0 aromatic carbocycles. The van der Waals surface area contributed by atoms with Gasteiger partial charge in [-0.15, -0.1) is 0 Å². The van der Waals surface area contributed by atoms with E-state index in [1.165, 1.54) is 32.4 Å². The van der Waals surface area contributed by atoms with Crippen molar-refractivity contribution in [3.8, 4) is 0 Å². The van der Waals surface area contributed by atoms with E-state index >= 15 is 4.39 Å². The number of hydrogen-bond donors (Lipinski definition) is 4. The molecule has 0 aromatic rings. The number of fused-ring (bicyclic) bond motifs is 1. The summed E-state index contributed by atoms with van der Waals surface area (Å²) in [4.78, 5) is 36.0. The van der Waals surface area contributed by atoms with Crippen LogP contribution < -0.4 is 22.1 Å². The van der Waals surface area contributed by atoms with Crippen LogP contribution in [0.5, 0.6) is 0 Å². The Kier molecular flexibility index (Phi) is 10.2. The molecular weight excluding hydrogens is 566 g/mol. The van der Waals surface area contributed by atoms with Crippen LogP contribution in [0.1, 0.15) is 58.3 Å². The number of nitrogens with one attached hydrogen (secondary N) is 2. The molecule has 0 aromatic heterocycles. The second-order valence-electron chi connectivity index (χ2n) is 14.3. The molecule has 5 fully saturated rings. The van der Waals surface area contributed by atoms with Crippen LogP contribution in [0, 0.1) is 11.8 Å². The summed E-state index contributed by atoms with van der Waals surface area (Å²) in [6, 6.07) is -0.470. The van der Waals surface area contributed by atoms with Gasteiger partial charge in [0.2, 0.25) is 11.8 Å². The van der Waals surface area contributed by atoms with E-state index in [1.807, 2.05) is 11.8 Å². The highest BCUT2D eigenvalue weighted by atomic mass is 19.1. The molecule has 44 heavy (non-hydrogen) atoms. The SMILES string of the molecule is CC1=CC(F)CN2C1CC2C(C(=O)NC1CNCC(F)C1N1CCC(C(=O)N2CCC(N3CCCCC3)CC2)CC1)C(N)N. The molecule has 2 amide bonds. The molecule has 0 aliphatic carbocycles. The molecule has 6 heterocycles. The highest BCUT2D eigenvalue weighted by Gasteiger charge is 2.50. The molecule has 7 atom stereocenters. The Morgan fingerprint density at radius 1 is 0.955 bits per heavy atom. The number of nitrogens with zero attached hydrogens (tertiary/aromatic N) is 4. The smallest absolute Gasteiger partial charge is 0.227 e. The van der Waals surface area contributed by atoms with Gasteiger partial charge in [-0.25, -0.2) is 8.78 Å². The second kappa shape index (κ2) is 14.0. The Hall–Kier alpha value is -1.70. The predicted molar refractivity (Wildman–Crippen MR) is 166 cm³/mol. The predicted octanol–water partition coefficient (Wildman–Crippen LogP) is 0.571. The van der Waals surface area contributed by atoms with E-state index in [0.717, 1.165) is 31.5 Å². The summed E-state index contributed by atoms with van der Waals surface area (Å²) in [6.45, 7) is 8.13. The molecule has 10 nitrogen and oxygen atoms in total. The van der Waals surface area contributed by atoms with Gasteiger partial charge in [-0.1, -0.05) is 12.0 Å². The van der Waals surface area contributed by atoms with Crippen LogP contribution in [0.3, 0.4) is 0 Å². The van der Waals surface area contributed by atoms with E-state index in [9.17, 15) is 14.0 Å². The van der Waals surface area contributed by atoms with Gasteiger partial charge in [0.25, 0.3) is 0 Å². The number of amides is 2. The fourth-order valence-electron chi connectivity index (χ4n) is 9.12. The Balaban J connectivity index is 1.02. The van der Waals surface area contributed by atoms with Crippen molar-refractivity contribution in [2.45, 2.75) is 107 Å². The zero-order chi connectivity index (χ0) is 31.0. The van der Waals surface area contributed by atoms with Crippen molar-refractivity contribution in [1.82, 2.24) is 30.2 Å². The van der Waals surface area contributed by atoms with Crippen molar-refractivity contribution < 1.29 is 18.4 Å². The summed E-state index contributed by atoms with van der Waals surface area (Å²) in [5.41, 5.74) is 13.3. The number of hydrogen-bond acceptors (Lipinski definition) is 8. The first-order valence-electron chi connectivity index (χ1n) is 17.2. The number of nitrogens with two attached hydrogens (primary N) is 2. The molecule has 0 bridgehead atoms. The van der Waals surface area contributed by atoms with Crippen LogP contribution in [0.2, 0.25) is 0 Å². The third kappa shape index (κ3) is 6.71. The first-order valence-corrected chi connectivity index (χ1v) is 17.2. The molecule has 6 aliphatic rings. The second-order valence-corrected chi connectivity index (χ2v) is 14.3. The first kappa shape index (κ1) is 32.2. The minimum absolute atomic E-state index is 0.0295. The fraction of sp³-hybridized carbons (Fsp3) is 0.875. The summed E-state index contributed by atoms with van der Waals surface area (Å²) in [5, 5.41) is 6.23. The molecule has 0 radical (unpaired) electrons. The average Bonchev–Trinajstić information content (AvgIpc) is 3.01. The standard InChI is InChI=1S/C32H54F2N8O2/c1-20-15-22(33)19-42-26(20)16-27(42)28(30(35)36)31(43)38-25-18-37-17-24(34)29(25)40-11-5-21(6-12-40)32(44)41-13-7-23(8-14-41)39-9-3-2-4-10-39/h15,21-30,37H,2-14,16-19,35-36H2,1H3,(H,38,43). The minimum atomic E-state index is -1.16. The number of carbonyl (C=O) groups excluding carboxylic acids is 2. The Morgan fingerprint density at radius 3 is 2.34 bits per heavy atom. The maximum Gasteiger partial charge on any atom is 0.227 e. The van der Waals surface area contributed by atoms with Gasteiger partial charge in [0.1, 0.15) is 12.3 Å². The highest BCUT2D eigenvalue weighted by molar-refractivity contribution is 5.81. The lowest BCUT2D eigenvalue weighted by Crippen LogP contribution is -2.70. The molecule has 6 rings (SSSR count). The summed E-state index contributed by atoms with van der Waals surface area (Å²) in [6.07, 6.45) is 6.65. The summed E-state index contributed by atoms with van der Waals surface area (Å²) in [7, 11) is 0. The van der Waals surface area contributed by atoms with Crippen LogP contribution >= 0.6 is 0 Å². The van der Waals surface area contributed by atoms with E-state index in [-0.39, 0.29) is 42.9 Å². The Labute approximate surface area is 261 Å². The van der Waals surface area contributed by atoms with E-state index in [4.69, 9.17) is 11.5 Å². The van der Waals surface area contributed by atoms with Crippen LogP contribution in [0.15, 0.2) is 11.6 Å². The Bertz CT molecular complexity index is 1040. The normalized spacial score (nSPS) is 36.0. The van der Waals surface area contributed by atoms with Crippen molar-refractivity contribution in [2.75, 3.05) is 58.9 Å². The lowest BCUT2D eigenvalue weighted by Gasteiger charge is -2.55. The maximum absolute atomic E-state index is 15.5. The highest BCUT2D eigenvalue weighted by Crippen LogP contribution is 2.39. The molecule has 12 heteroatoms. The maximum atomic E-state index is 15.5. The molecule has 5 saturated heterocycles. The minimum Gasteiger partial charge on any atom is -0.350 e. The van der Waals surface area contributed by atoms with Gasteiger partial charge in [0.15, 0.2) is 0 Å². The van der Waals surface area contributed by atoms with Crippen molar-refractivity contribution in [3.63, 3.8) is 0 Å². The monoisotopic (exact) mass is 620 g/mol. The van der Waals surface area contributed by atoms with Crippen molar-refractivity contribution in [3.05, 3.63) is 11.6 Å². The van der Waals surface area contributed by atoms with Gasteiger partial charge in [-0.3, -0.25) is 19.4 Å². The lowest BCUT2D eigenvalue weighted by atomic mass is 9.76. The van der Waals surface area contributed by atoms with Crippen LogP contribution in [-0.2, 0) is 9.59 Å². The van der Waals surface area contributed by atoms with E-state index in [2.05, 4.69) is 25.3 Å². The average molecular weight is 621 g/mol. The first-order chi connectivity index (χ1) is 21.2. The van der Waals surface area contributed by atoms with Gasteiger partial charge >= 0.3 is 0 Å². The van der Waals surface area contributed by atoms with Crippen LogP contribution in [0.25, 0.3) is 0 Å². The van der Waals surface area contributed by atoms with Crippen molar-refractivity contribution in [2.24, 2.45) is 23.3 Å². The Morgan fingerprint density at radius 2 is 1.66 bits per heavy atom. The summed E-state index contributed by atoms with van der Waals surface area (Å²) >= 11 is 0.